The topological polar surface area (TPSA) is 87.5 Å². The minimum Gasteiger partial charge on any atom is -0.313 e. The van der Waals surface area contributed by atoms with Crippen LogP contribution in [0.15, 0.2) is 39.6 Å². The van der Waals surface area contributed by atoms with Crippen LogP contribution in [-0.2, 0) is 10.0 Å². The Bertz CT molecular complexity index is 862. The summed E-state index contributed by atoms with van der Waals surface area (Å²) in [6.45, 7) is 3.69. The number of benzene rings is 1. The Balaban J connectivity index is 0.00000192. The Hall–Kier alpha value is -2.19. The number of aromatic nitrogens is 2. The summed E-state index contributed by atoms with van der Waals surface area (Å²) in [6, 6.07) is 8.55. The molecule has 23 heavy (non-hydrogen) atoms. The highest BCUT2D eigenvalue weighted by Crippen LogP contribution is 2.30. The first kappa shape index (κ1) is 17.2. The van der Waals surface area contributed by atoms with Crippen LogP contribution in [0.2, 0.25) is 0 Å². The highest BCUT2D eigenvalue weighted by atomic mass is 35.5. The minimum atomic E-state index is -3.74. The molecule has 2 heterocycles. The summed E-state index contributed by atoms with van der Waals surface area (Å²) >= 11 is 0. The average Bonchev–Trinajstić information content (AvgIpc) is 2.43. The van der Waals surface area contributed by atoms with Gasteiger partial charge in [0.25, 0.3) is 10.0 Å². The van der Waals surface area contributed by atoms with Crippen LogP contribution in [0.25, 0.3) is 0 Å². The lowest BCUT2D eigenvalue weighted by Crippen LogP contribution is -2.38. The number of nitrogens with one attached hydrogen (secondary N) is 1. The van der Waals surface area contributed by atoms with E-state index in [2.05, 4.69) is 19.7 Å². The maximum Gasteiger partial charge on any atom is 0.287 e. The van der Waals surface area contributed by atoms with E-state index in [4.69, 9.17) is 0 Å². The molecule has 122 valence electrons. The SMILES string of the molecule is Cc1cc(C)nc(NC2=NS(=O)(=O)c3ccccc3N2C)n1.Cl. The number of halogens is 1. The van der Waals surface area contributed by atoms with E-state index in [9.17, 15) is 8.42 Å². The third kappa shape index (κ3) is 3.27. The fraction of sp³-hybridized carbons (Fsp3) is 0.214. The van der Waals surface area contributed by atoms with Gasteiger partial charge in [-0.15, -0.1) is 16.8 Å². The molecule has 0 saturated heterocycles. The standard InChI is InChI=1S/C14H15N5O2S.ClH/c1-9-8-10(2)16-13(15-9)17-14-18-22(20,21)12-7-5-4-6-11(12)19(14)3;/h4-8H,1-3H3,(H,15,16,17,18);1H. The van der Waals surface area contributed by atoms with Gasteiger partial charge in [0.1, 0.15) is 4.90 Å². The summed E-state index contributed by atoms with van der Waals surface area (Å²) in [5.74, 6) is 0.487. The largest absolute Gasteiger partial charge is 0.313 e. The Morgan fingerprint density at radius 2 is 1.70 bits per heavy atom. The van der Waals surface area contributed by atoms with E-state index in [-0.39, 0.29) is 23.3 Å². The molecule has 0 spiro atoms. The van der Waals surface area contributed by atoms with Crippen LogP contribution in [0.4, 0.5) is 11.6 Å². The lowest BCUT2D eigenvalue weighted by atomic mass is 10.3. The van der Waals surface area contributed by atoms with Crippen LogP contribution in [0.5, 0.6) is 0 Å². The van der Waals surface area contributed by atoms with Gasteiger partial charge in [0, 0.05) is 18.4 Å². The molecule has 0 atom stereocenters. The van der Waals surface area contributed by atoms with Crippen molar-refractivity contribution >= 4 is 40.0 Å². The molecule has 1 N–H and O–H groups in total. The molecule has 2 aromatic rings. The van der Waals surface area contributed by atoms with Gasteiger partial charge < -0.3 is 4.90 Å². The number of guanidine groups is 1. The zero-order valence-corrected chi connectivity index (χ0v) is 14.4. The summed E-state index contributed by atoms with van der Waals surface area (Å²) in [5.41, 5.74) is 2.14. The first-order chi connectivity index (χ1) is 10.4. The molecule has 1 aliphatic rings. The highest BCUT2D eigenvalue weighted by Gasteiger charge is 2.28. The zero-order valence-electron chi connectivity index (χ0n) is 12.8. The van der Waals surface area contributed by atoms with Gasteiger partial charge in [-0.3, -0.25) is 5.32 Å². The van der Waals surface area contributed by atoms with Gasteiger partial charge in [0.05, 0.1) is 5.69 Å². The second-order valence-electron chi connectivity index (χ2n) is 5.02. The molecule has 0 saturated carbocycles. The Morgan fingerprint density at radius 3 is 2.35 bits per heavy atom. The molecule has 0 aliphatic carbocycles. The molecule has 0 amide bonds. The molecular formula is C14H16ClN5O2S. The van der Waals surface area contributed by atoms with Crippen LogP contribution in [-0.4, -0.2) is 31.4 Å². The molecule has 1 aromatic carbocycles. The highest BCUT2D eigenvalue weighted by molar-refractivity contribution is 7.90. The van der Waals surface area contributed by atoms with Crippen molar-refractivity contribution in [3.8, 4) is 0 Å². The van der Waals surface area contributed by atoms with Gasteiger partial charge in [-0.1, -0.05) is 12.1 Å². The van der Waals surface area contributed by atoms with Crippen LogP contribution in [0, 0.1) is 13.8 Å². The molecule has 1 aliphatic heterocycles. The Kier molecular flexibility index (Phi) is 4.58. The molecule has 0 fully saturated rings. The first-order valence-corrected chi connectivity index (χ1v) is 8.08. The average molecular weight is 354 g/mol. The number of anilines is 2. The lowest BCUT2D eigenvalue weighted by molar-refractivity contribution is 0.597. The van der Waals surface area contributed by atoms with Gasteiger partial charge in [-0.05, 0) is 32.0 Å². The van der Waals surface area contributed by atoms with E-state index in [1.165, 1.54) is 6.07 Å². The van der Waals surface area contributed by atoms with Crippen molar-refractivity contribution < 1.29 is 8.42 Å². The number of nitrogens with zero attached hydrogens (tertiary/aromatic N) is 4. The van der Waals surface area contributed by atoms with E-state index in [0.717, 1.165) is 11.4 Å². The van der Waals surface area contributed by atoms with Crippen molar-refractivity contribution in [2.75, 3.05) is 17.3 Å². The molecule has 1 aromatic heterocycles. The van der Waals surface area contributed by atoms with Crippen LogP contribution >= 0.6 is 12.4 Å². The maximum atomic E-state index is 12.3. The van der Waals surface area contributed by atoms with E-state index in [0.29, 0.717) is 11.6 Å². The Labute approximate surface area is 141 Å². The zero-order chi connectivity index (χ0) is 15.9. The minimum absolute atomic E-state index is 0. The number of para-hydroxylation sites is 1. The van der Waals surface area contributed by atoms with Gasteiger partial charge in [-0.2, -0.15) is 8.42 Å². The second-order valence-corrected chi connectivity index (χ2v) is 6.59. The number of fused-ring (bicyclic) bond motifs is 1. The van der Waals surface area contributed by atoms with E-state index >= 15 is 0 Å². The van der Waals surface area contributed by atoms with Crippen molar-refractivity contribution in [3.05, 3.63) is 41.7 Å². The predicted molar refractivity (Wildman–Crippen MR) is 91.8 cm³/mol. The van der Waals surface area contributed by atoms with E-state index < -0.39 is 10.0 Å². The van der Waals surface area contributed by atoms with Gasteiger partial charge in [0.15, 0.2) is 0 Å². The Morgan fingerprint density at radius 1 is 1.09 bits per heavy atom. The van der Waals surface area contributed by atoms with Crippen LogP contribution in [0.1, 0.15) is 11.4 Å². The molecule has 3 rings (SSSR count). The lowest BCUT2D eigenvalue weighted by Gasteiger charge is -2.27. The van der Waals surface area contributed by atoms with Crippen molar-refractivity contribution in [1.82, 2.24) is 9.97 Å². The van der Waals surface area contributed by atoms with Crippen molar-refractivity contribution in [2.45, 2.75) is 18.7 Å². The summed E-state index contributed by atoms with van der Waals surface area (Å²) in [6.07, 6.45) is 0. The summed E-state index contributed by atoms with van der Waals surface area (Å²) in [4.78, 5) is 10.3. The fourth-order valence-corrected chi connectivity index (χ4v) is 3.49. The third-order valence-electron chi connectivity index (χ3n) is 3.23. The number of hydrogen-bond donors (Lipinski definition) is 1. The number of hydrogen-bond acceptors (Lipinski definition) is 6. The van der Waals surface area contributed by atoms with Crippen LogP contribution < -0.4 is 10.2 Å². The quantitative estimate of drug-likeness (QED) is 0.845. The summed E-state index contributed by atoms with van der Waals surface area (Å²) in [5, 5.41) is 2.88. The van der Waals surface area contributed by atoms with Gasteiger partial charge >= 0.3 is 0 Å². The second kappa shape index (κ2) is 6.13. The number of sulfonamides is 1. The number of rotatable bonds is 1. The van der Waals surface area contributed by atoms with E-state index in [1.54, 1.807) is 30.1 Å². The molecule has 7 nitrogen and oxygen atoms in total. The fourth-order valence-electron chi connectivity index (χ4n) is 2.28. The number of aryl methyl sites for hydroxylation is 2. The first-order valence-electron chi connectivity index (χ1n) is 6.64. The maximum absolute atomic E-state index is 12.3. The summed E-state index contributed by atoms with van der Waals surface area (Å²) < 4.78 is 28.3. The van der Waals surface area contributed by atoms with Crippen molar-refractivity contribution in [1.29, 1.82) is 0 Å². The van der Waals surface area contributed by atoms with Crippen molar-refractivity contribution in [3.63, 3.8) is 0 Å². The molecule has 9 heteroatoms. The normalized spacial score (nSPS) is 15.3. The predicted octanol–water partition coefficient (Wildman–Crippen LogP) is 2.12. The van der Waals surface area contributed by atoms with Gasteiger partial charge in [0.2, 0.25) is 11.9 Å². The smallest absolute Gasteiger partial charge is 0.287 e. The van der Waals surface area contributed by atoms with Crippen LogP contribution in [0.3, 0.4) is 0 Å². The monoisotopic (exact) mass is 353 g/mol. The third-order valence-corrected chi connectivity index (χ3v) is 4.55. The summed E-state index contributed by atoms with van der Waals surface area (Å²) in [7, 11) is -2.00. The van der Waals surface area contributed by atoms with E-state index in [1.807, 2.05) is 19.9 Å². The molecule has 0 bridgehead atoms. The molecular weight excluding hydrogens is 338 g/mol. The van der Waals surface area contributed by atoms with Crippen molar-refractivity contribution in [2.24, 2.45) is 4.40 Å². The molecule has 0 unspecified atom stereocenters. The molecule has 0 radical (unpaired) electrons. The van der Waals surface area contributed by atoms with Gasteiger partial charge in [-0.25, -0.2) is 9.97 Å².